The number of allylic oxidation sites excluding steroid dienone is 1. The maximum absolute atomic E-state index is 13.1. The van der Waals surface area contributed by atoms with Crippen molar-refractivity contribution in [1.82, 2.24) is 4.98 Å². The van der Waals surface area contributed by atoms with E-state index in [0.717, 1.165) is 11.1 Å². The maximum Gasteiger partial charge on any atom is 0.137 e. The van der Waals surface area contributed by atoms with Crippen molar-refractivity contribution >= 4 is 22.0 Å². The number of benzene rings is 1. The average Bonchev–Trinajstić information content (AvgIpc) is 2.96. The summed E-state index contributed by atoms with van der Waals surface area (Å²) in [5, 5.41) is 0. The van der Waals surface area contributed by atoms with E-state index in [4.69, 9.17) is 0 Å². The monoisotopic (exact) mass is 293 g/mol. The van der Waals surface area contributed by atoms with Crippen LogP contribution in [0.3, 0.4) is 0 Å². The molecular weight excluding hydrogens is 281 g/mol. The van der Waals surface area contributed by atoms with Gasteiger partial charge in [0, 0.05) is 12.4 Å². The van der Waals surface area contributed by atoms with Crippen LogP contribution >= 0.6 is 15.9 Å². The molecule has 0 bridgehead atoms. The summed E-state index contributed by atoms with van der Waals surface area (Å²) in [5.74, 6) is 0.173. The Morgan fingerprint density at radius 2 is 1.94 bits per heavy atom. The van der Waals surface area contributed by atoms with Gasteiger partial charge in [0.15, 0.2) is 0 Å². The summed E-state index contributed by atoms with van der Waals surface area (Å²) in [6, 6.07) is 7.31. The smallest absolute Gasteiger partial charge is 0.137 e. The first-order valence-electron chi connectivity index (χ1n) is 5.43. The predicted octanol–water partition coefficient (Wildman–Crippen LogP) is 4.73. The highest BCUT2D eigenvalue weighted by atomic mass is 79.9. The van der Waals surface area contributed by atoms with Crippen molar-refractivity contribution < 1.29 is 4.39 Å². The van der Waals surface area contributed by atoms with Crippen molar-refractivity contribution in [3.8, 4) is 0 Å². The van der Waals surface area contributed by atoms with Crippen molar-refractivity contribution in [3.63, 3.8) is 0 Å². The van der Waals surface area contributed by atoms with Crippen LogP contribution in [-0.2, 0) is 0 Å². The van der Waals surface area contributed by atoms with Gasteiger partial charge >= 0.3 is 0 Å². The van der Waals surface area contributed by atoms with Crippen molar-refractivity contribution in [3.05, 3.63) is 64.2 Å². The van der Waals surface area contributed by atoms with E-state index in [9.17, 15) is 4.39 Å². The Labute approximate surface area is 109 Å². The lowest BCUT2D eigenvalue weighted by atomic mass is 10.0. The highest BCUT2D eigenvalue weighted by Crippen LogP contribution is 2.32. The number of halogens is 2. The van der Waals surface area contributed by atoms with Crippen LogP contribution in [0, 0.1) is 5.82 Å². The third-order valence-electron chi connectivity index (χ3n) is 2.68. The fraction of sp³-hybridized carbons (Fsp3) is 0.143. The van der Waals surface area contributed by atoms with Gasteiger partial charge in [0.1, 0.15) is 5.82 Å². The summed E-state index contributed by atoms with van der Waals surface area (Å²) in [5.41, 5.74) is 2.20. The molecule has 0 saturated heterocycles. The molecule has 17 heavy (non-hydrogen) atoms. The standard InChI is InChI=1S/C10H8BrF.C4H5N/c1-6-2-3-7-4-9(11)10(12)5-8(6)7;1-2-4-5-3-1/h2-6H,1H3;1-5H. The quantitative estimate of drug-likeness (QED) is 0.722. The number of H-pyrrole nitrogens is 1. The van der Waals surface area contributed by atoms with E-state index >= 15 is 0 Å². The molecule has 0 fully saturated rings. The molecule has 3 heteroatoms. The lowest BCUT2D eigenvalue weighted by Crippen LogP contribution is -1.89. The fourth-order valence-electron chi connectivity index (χ4n) is 1.75. The summed E-state index contributed by atoms with van der Waals surface area (Å²) in [4.78, 5) is 2.86. The van der Waals surface area contributed by atoms with E-state index in [1.54, 1.807) is 6.07 Å². The molecule has 0 amide bonds. The molecule has 0 radical (unpaired) electrons. The van der Waals surface area contributed by atoms with Gasteiger partial charge in [-0.05, 0) is 57.2 Å². The minimum absolute atomic E-state index is 0.177. The average molecular weight is 294 g/mol. The molecule has 1 aliphatic carbocycles. The first-order valence-corrected chi connectivity index (χ1v) is 6.22. The molecule has 1 atom stereocenters. The molecule has 2 aromatic rings. The largest absolute Gasteiger partial charge is 0.368 e. The summed E-state index contributed by atoms with van der Waals surface area (Å²) in [7, 11) is 0. The van der Waals surface area contributed by atoms with E-state index in [1.807, 2.05) is 36.7 Å². The topological polar surface area (TPSA) is 15.8 Å². The van der Waals surface area contributed by atoms with E-state index < -0.39 is 0 Å². The summed E-state index contributed by atoms with van der Waals surface area (Å²) in [6.07, 6.45) is 7.86. The Bertz CT molecular complexity index is 500. The molecular formula is C14H13BrFN. The molecule has 0 spiro atoms. The molecule has 0 saturated carbocycles. The van der Waals surface area contributed by atoms with E-state index in [2.05, 4.69) is 33.9 Å². The van der Waals surface area contributed by atoms with Crippen LogP contribution < -0.4 is 0 Å². The van der Waals surface area contributed by atoms with E-state index in [1.165, 1.54) is 0 Å². The zero-order valence-electron chi connectivity index (χ0n) is 9.45. The lowest BCUT2D eigenvalue weighted by Gasteiger charge is -2.05. The SMILES string of the molecule is CC1C=Cc2cc(Br)c(F)cc21.c1cc[nH]c1. The van der Waals surface area contributed by atoms with Crippen LogP contribution in [0.4, 0.5) is 4.39 Å². The number of hydrogen-bond acceptors (Lipinski definition) is 0. The minimum Gasteiger partial charge on any atom is -0.368 e. The van der Waals surface area contributed by atoms with Gasteiger partial charge in [-0.25, -0.2) is 4.39 Å². The molecule has 1 N–H and O–H groups in total. The fourth-order valence-corrected chi connectivity index (χ4v) is 2.11. The molecule has 1 aromatic carbocycles. The number of nitrogens with one attached hydrogen (secondary N) is 1. The van der Waals surface area contributed by atoms with Gasteiger partial charge in [-0.3, -0.25) is 0 Å². The summed E-state index contributed by atoms with van der Waals surface area (Å²) < 4.78 is 13.6. The van der Waals surface area contributed by atoms with Gasteiger partial charge in [-0.2, -0.15) is 0 Å². The van der Waals surface area contributed by atoms with Crippen molar-refractivity contribution in [2.24, 2.45) is 0 Å². The van der Waals surface area contributed by atoms with Gasteiger partial charge in [-0.1, -0.05) is 19.1 Å². The highest BCUT2D eigenvalue weighted by Gasteiger charge is 2.14. The van der Waals surface area contributed by atoms with Gasteiger partial charge < -0.3 is 4.98 Å². The Morgan fingerprint density at radius 3 is 2.53 bits per heavy atom. The van der Waals surface area contributed by atoms with Crippen molar-refractivity contribution in [2.45, 2.75) is 12.8 Å². The normalized spacial score (nSPS) is 16.3. The number of aromatic nitrogens is 1. The van der Waals surface area contributed by atoms with Crippen LogP contribution in [0.2, 0.25) is 0 Å². The maximum atomic E-state index is 13.1. The molecule has 1 aliphatic rings. The molecule has 1 heterocycles. The third-order valence-corrected chi connectivity index (χ3v) is 3.28. The first-order chi connectivity index (χ1) is 8.18. The minimum atomic E-state index is -0.177. The van der Waals surface area contributed by atoms with Crippen LogP contribution in [0.15, 0.2) is 47.2 Å². The second kappa shape index (κ2) is 5.32. The summed E-state index contributed by atoms with van der Waals surface area (Å²) in [6.45, 7) is 2.07. The molecule has 0 aliphatic heterocycles. The Kier molecular flexibility index (Phi) is 3.79. The van der Waals surface area contributed by atoms with Crippen molar-refractivity contribution in [1.29, 1.82) is 0 Å². The van der Waals surface area contributed by atoms with Gasteiger partial charge in [0.05, 0.1) is 4.47 Å². The number of aromatic amines is 1. The molecule has 1 nitrogen and oxygen atoms in total. The Morgan fingerprint density at radius 1 is 1.24 bits per heavy atom. The van der Waals surface area contributed by atoms with Crippen LogP contribution in [0.25, 0.3) is 6.08 Å². The number of rotatable bonds is 0. The van der Waals surface area contributed by atoms with Crippen LogP contribution in [0.1, 0.15) is 24.0 Å². The molecule has 1 unspecified atom stereocenters. The zero-order chi connectivity index (χ0) is 12.3. The zero-order valence-corrected chi connectivity index (χ0v) is 11.0. The molecule has 1 aromatic heterocycles. The van der Waals surface area contributed by atoms with Crippen molar-refractivity contribution in [2.75, 3.05) is 0 Å². The number of fused-ring (bicyclic) bond motifs is 1. The number of hydrogen-bond donors (Lipinski definition) is 1. The second-order valence-electron chi connectivity index (χ2n) is 3.93. The van der Waals surface area contributed by atoms with E-state index in [-0.39, 0.29) is 5.82 Å². The molecule has 3 rings (SSSR count). The molecule has 88 valence electrons. The second-order valence-corrected chi connectivity index (χ2v) is 4.78. The Hall–Kier alpha value is -1.35. The lowest BCUT2D eigenvalue weighted by molar-refractivity contribution is 0.618. The van der Waals surface area contributed by atoms with E-state index in [0.29, 0.717) is 10.4 Å². The van der Waals surface area contributed by atoms with Gasteiger partial charge in [0.25, 0.3) is 0 Å². The first kappa shape index (κ1) is 12.1. The predicted molar refractivity (Wildman–Crippen MR) is 72.3 cm³/mol. The van der Waals surface area contributed by atoms with Gasteiger partial charge in [0.2, 0.25) is 0 Å². The van der Waals surface area contributed by atoms with Gasteiger partial charge in [-0.15, -0.1) is 0 Å². The highest BCUT2D eigenvalue weighted by molar-refractivity contribution is 9.10. The van der Waals surface area contributed by atoms with Crippen LogP contribution in [0.5, 0.6) is 0 Å². The van der Waals surface area contributed by atoms with Crippen LogP contribution in [-0.4, -0.2) is 4.98 Å². The summed E-state index contributed by atoms with van der Waals surface area (Å²) >= 11 is 3.16. The Balaban J connectivity index is 0.000000181. The third kappa shape index (κ3) is 2.86.